The minimum Gasteiger partial charge on any atom is -0.334 e. The van der Waals surface area contributed by atoms with Crippen LogP contribution in [0.2, 0.25) is 0 Å². The van der Waals surface area contributed by atoms with Crippen molar-refractivity contribution in [1.82, 2.24) is 14.7 Å². The molecule has 0 aliphatic heterocycles. The SMILES string of the molecule is CCN(Cc1ccccc1)C(=O)c1ccc(-c2cc(C(F)(F)F)n(C)n2)s1. The fourth-order valence-corrected chi connectivity index (χ4v) is 3.66. The van der Waals surface area contributed by atoms with Crippen molar-refractivity contribution < 1.29 is 18.0 Å². The average molecular weight is 393 g/mol. The van der Waals surface area contributed by atoms with Gasteiger partial charge < -0.3 is 4.90 Å². The number of rotatable bonds is 5. The molecule has 0 fully saturated rings. The molecular formula is C19H18F3N3OS. The Balaban J connectivity index is 1.81. The van der Waals surface area contributed by atoms with Gasteiger partial charge in [-0.15, -0.1) is 11.3 Å². The van der Waals surface area contributed by atoms with E-state index in [2.05, 4.69) is 5.10 Å². The molecule has 2 heterocycles. The molecule has 0 unspecified atom stereocenters. The van der Waals surface area contributed by atoms with Crippen molar-refractivity contribution in [1.29, 1.82) is 0 Å². The molecule has 0 saturated heterocycles. The van der Waals surface area contributed by atoms with Crippen LogP contribution in [0, 0.1) is 0 Å². The number of carbonyl (C=O) groups is 1. The molecule has 0 spiro atoms. The van der Waals surface area contributed by atoms with Gasteiger partial charge in [-0.2, -0.15) is 18.3 Å². The highest BCUT2D eigenvalue weighted by Crippen LogP contribution is 2.34. The Labute approximate surface area is 158 Å². The van der Waals surface area contributed by atoms with Gasteiger partial charge in [0, 0.05) is 20.1 Å². The minimum absolute atomic E-state index is 0.149. The summed E-state index contributed by atoms with van der Waals surface area (Å²) >= 11 is 1.15. The summed E-state index contributed by atoms with van der Waals surface area (Å²) < 4.78 is 39.7. The van der Waals surface area contributed by atoms with Crippen LogP contribution in [-0.4, -0.2) is 27.1 Å². The molecule has 8 heteroatoms. The van der Waals surface area contributed by atoms with Gasteiger partial charge in [-0.25, -0.2) is 0 Å². The fraction of sp³-hybridized carbons (Fsp3) is 0.263. The van der Waals surface area contributed by atoms with Crippen molar-refractivity contribution in [3.8, 4) is 10.6 Å². The standard InChI is InChI=1S/C19H18F3N3OS/c1-3-25(12-13-7-5-4-6-8-13)18(26)16-10-9-15(27-16)14-11-17(19(20,21)22)24(2)23-14/h4-11H,3,12H2,1-2H3. The fourth-order valence-electron chi connectivity index (χ4n) is 2.73. The second-order valence-electron chi connectivity index (χ2n) is 6.01. The number of benzene rings is 1. The van der Waals surface area contributed by atoms with Crippen molar-refractivity contribution >= 4 is 17.2 Å². The number of nitrogens with zero attached hydrogens (tertiary/aromatic N) is 3. The molecule has 0 saturated carbocycles. The second kappa shape index (κ2) is 7.56. The number of hydrogen-bond acceptors (Lipinski definition) is 3. The lowest BCUT2D eigenvalue weighted by atomic mass is 10.2. The molecule has 0 atom stereocenters. The molecule has 0 N–H and O–H groups in total. The molecule has 142 valence electrons. The molecule has 3 aromatic rings. The summed E-state index contributed by atoms with van der Waals surface area (Å²) in [6.07, 6.45) is -4.47. The maximum atomic E-state index is 13.0. The smallest absolute Gasteiger partial charge is 0.334 e. The molecule has 0 radical (unpaired) electrons. The van der Waals surface area contributed by atoms with Gasteiger partial charge in [0.2, 0.25) is 0 Å². The summed E-state index contributed by atoms with van der Waals surface area (Å²) in [5.41, 5.74) is 0.405. The third kappa shape index (κ3) is 4.21. The number of carbonyl (C=O) groups excluding carboxylic acids is 1. The predicted molar refractivity (Wildman–Crippen MR) is 98.4 cm³/mol. The number of halogens is 3. The number of aryl methyl sites for hydroxylation is 1. The van der Waals surface area contributed by atoms with Crippen molar-refractivity contribution in [2.45, 2.75) is 19.6 Å². The zero-order chi connectivity index (χ0) is 19.6. The summed E-state index contributed by atoms with van der Waals surface area (Å²) in [5, 5.41) is 3.93. The molecule has 2 aromatic heterocycles. The van der Waals surface area contributed by atoms with E-state index in [1.165, 1.54) is 7.05 Å². The number of alkyl halides is 3. The Kier molecular flexibility index (Phi) is 5.36. The van der Waals surface area contributed by atoms with Crippen LogP contribution >= 0.6 is 11.3 Å². The van der Waals surface area contributed by atoms with Gasteiger partial charge in [-0.3, -0.25) is 9.48 Å². The minimum atomic E-state index is -4.47. The summed E-state index contributed by atoms with van der Waals surface area (Å²) in [6, 6.07) is 13.9. The lowest BCUT2D eigenvalue weighted by Gasteiger charge is -2.20. The number of amides is 1. The van der Waals surface area contributed by atoms with Crippen LogP contribution in [0.5, 0.6) is 0 Å². The Morgan fingerprint density at radius 2 is 1.89 bits per heavy atom. The third-order valence-corrected chi connectivity index (χ3v) is 5.22. The zero-order valence-corrected chi connectivity index (χ0v) is 15.6. The number of aromatic nitrogens is 2. The monoisotopic (exact) mass is 393 g/mol. The van der Waals surface area contributed by atoms with E-state index < -0.39 is 11.9 Å². The van der Waals surface area contributed by atoms with Gasteiger partial charge in [-0.05, 0) is 30.7 Å². The van der Waals surface area contributed by atoms with E-state index in [9.17, 15) is 18.0 Å². The van der Waals surface area contributed by atoms with Crippen molar-refractivity contribution in [2.75, 3.05) is 6.54 Å². The number of thiophene rings is 1. The molecule has 3 rings (SSSR count). The molecule has 4 nitrogen and oxygen atoms in total. The van der Waals surface area contributed by atoms with Gasteiger partial charge in [0.1, 0.15) is 11.4 Å². The normalized spacial score (nSPS) is 11.6. The Bertz CT molecular complexity index is 931. The molecule has 0 aliphatic rings. The van der Waals surface area contributed by atoms with E-state index >= 15 is 0 Å². The van der Waals surface area contributed by atoms with Gasteiger partial charge in [0.05, 0.1) is 9.75 Å². The second-order valence-corrected chi connectivity index (χ2v) is 7.09. The van der Waals surface area contributed by atoms with Crippen LogP contribution in [0.15, 0.2) is 48.5 Å². The molecular weight excluding hydrogens is 375 g/mol. The van der Waals surface area contributed by atoms with E-state index in [1.807, 2.05) is 37.3 Å². The van der Waals surface area contributed by atoms with Crippen LogP contribution in [0.25, 0.3) is 10.6 Å². The number of hydrogen-bond donors (Lipinski definition) is 0. The maximum Gasteiger partial charge on any atom is 0.433 e. The largest absolute Gasteiger partial charge is 0.433 e. The third-order valence-electron chi connectivity index (χ3n) is 4.12. The van der Waals surface area contributed by atoms with E-state index in [0.717, 1.165) is 27.6 Å². The first-order valence-electron chi connectivity index (χ1n) is 8.34. The van der Waals surface area contributed by atoms with Crippen molar-refractivity contribution in [3.63, 3.8) is 0 Å². The van der Waals surface area contributed by atoms with Crippen molar-refractivity contribution in [2.24, 2.45) is 7.05 Å². The van der Waals surface area contributed by atoms with Crippen LogP contribution in [0.3, 0.4) is 0 Å². The summed E-state index contributed by atoms with van der Waals surface area (Å²) in [6.45, 7) is 2.90. The molecule has 1 aromatic carbocycles. The highest BCUT2D eigenvalue weighted by Gasteiger charge is 2.35. The van der Waals surface area contributed by atoms with Gasteiger partial charge in [0.15, 0.2) is 0 Å². The lowest BCUT2D eigenvalue weighted by molar-refractivity contribution is -0.143. The van der Waals surface area contributed by atoms with Gasteiger partial charge >= 0.3 is 6.18 Å². The first kappa shape index (κ1) is 19.2. The zero-order valence-electron chi connectivity index (χ0n) is 14.8. The predicted octanol–water partition coefficient (Wildman–Crippen LogP) is 4.83. The van der Waals surface area contributed by atoms with E-state index in [4.69, 9.17) is 0 Å². The first-order chi connectivity index (χ1) is 12.8. The van der Waals surface area contributed by atoms with Crippen LogP contribution < -0.4 is 0 Å². The van der Waals surface area contributed by atoms with E-state index in [1.54, 1.807) is 17.0 Å². The summed E-state index contributed by atoms with van der Waals surface area (Å²) in [5.74, 6) is -0.149. The average Bonchev–Trinajstić information content (AvgIpc) is 3.26. The van der Waals surface area contributed by atoms with E-state index in [0.29, 0.717) is 22.8 Å². The first-order valence-corrected chi connectivity index (χ1v) is 9.16. The highest BCUT2D eigenvalue weighted by atomic mass is 32.1. The van der Waals surface area contributed by atoms with Crippen LogP contribution in [-0.2, 0) is 19.8 Å². The summed E-state index contributed by atoms with van der Waals surface area (Å²) in [4.78, 5) is 15.5. The van der Waals surface area contributed by atoms with Gasteiger partial charge in [-0.1, -0.05) is 30.3 Å². The topological polar surface area (TPSA) is 38.1 Å². The van der Waals surface area contributed by atoms with Crippen LogP contribution in [0.1, 0.15) is 27.9 Å². The van der Waals surface area contributed by atoms with Gasteiger partial charge in [0.25, 0.3) is 5.91 Å². The van der Waals surface area contributed by atoms with E-state index in [-0.39, 0.29) is 11.6 Å². The highest BCUT2D eigenvalue weighted by molar-refractivity contribution is 7.17. The molecule has 1 amide bonds. The Hall–Kier alpha value is -2.61. The Morgan fingerprint density at radius 1 is 1.19 bits per heavy atom. The summed E-state index contributed by atoms with van der Waals surface area (Å²) in [7, 11) is 1.25. The molecule has 0 aliphatic carbocycles. The molecule has 0 bridgehead atoms. The van der Waals surface area contributed by atoms with Crippen LogP contribution in [0.4, 0.5) is 13.2 Å². The quantitative estimate of drug-likeness (QED) is 0.623. The molecule has 27 heavy (non-hydrogen) atoms. The van der Waals surface area contributed by atoms with Crippen molar-refractivity contribution in [3.05, 3.63) is 64.7 Å². The lowest BCUT2D eigenvalue weighted by Crippen LogP contribution is -2.29. The Morgan fingerprint density at radius 3 is 2.48 bits per heavy atom. The maximum absolute atomic E-state index is 13.0.